The summed E-state index contributed by atoms with van der Waals surface area (Å²) in [6.07, 6.45) is 7.65. The molecule has 1 aliphatic heterocycles. The number of hydrogen-bond donors (Lipinski definition) is 0. The molecule has 0 amide bonds. The molecular formula is C16H19O2+. The second-order valence-corrected chi connectivity index (χ2v) is 5.16. The standard InChI is InChI=1S/C16H19O2/c1-13-12-15(14-8-4-2-5-9-14)18-16(17-13)10-6-3-7-11-16/h2,4-5,8-9,12H,3,6-7,10-11H2,1H3/q+1. The Hall–Kier alpha value is -1.57. The van der Waals surface area contributed by atoms with Gasteiger partial charge in [0.15, 0.2) is 0 Å². The van der Waals surface area contributed by atoms with Crippen LogP contribution in [0.2, 0.25) is 0 Å². The van der Waals surface area contributed by atoms with Gasteiger partial charge in [-0.2, -0.15) is 0 Å². The molecule has 1 aliphatic carbocycles. The summed E-state index contributed by atoms with van der Waals surface area (Å²) in [6.45, 7) is 2.02. The van der Waals surface area contributed by atoms with E-state index in [4.69, 9.17) is 9.16 Å². The predicted octanol–water partition coefficient (Wildman–Crippen LogP) is 4.00. The van der Waals surface area contributed by atoms with Gasteiger partial charge in [0, 0.05) is 0 Å². The molecule has 3 rings (SSSR count). The highest BCUT2D eigenvalue weighted by atomic mass is 16.7. The smallest absolute Gasteiger partial charge is 0.413 e. The number of allylic oxidation sites excluding steroid dienone is 2. The van der Waals surface area contributed by atoms with Crippen LogP contribution in [0.25, 0.3) is 0 Å². The Balaban J connectivity index is 1.97. The Kier molecular flexibility index (Phi) is 2.94. The van der Waals surface area contributed by atoms with Crippen molar-refractivity contribution in [2.45, 2.75) is 44.8 Å². The van der Waals surface area contributed by atoms with Crippen molar-refractivity contribution in [1.29, 1.82) is 0 Å². The third kappa shape index (κ3) is 2.20. The highest BCUT2D eigenvalue weighted by Crippen LogP contribution is 2.36. The van der Waals surface area contributed by atoms with Gasteiger partial charge in [0.25, 0.3) is 0 Å². The molecular weight excluding hydrogens is 224 g/mol. The van der Waals surface area contributed by atoms with Gasteiger partial charge in [-0.1, -0.05) is 24.6 Å². The Bertz CT molecular complexity index is 479. The number of benzene rings is 1. The van der Waals surface area contributed by atoms with E-state index in [-0.39, 0.29) is 0 Å². The minimum absolute atomic E-state index is 0.401. The molecule has 18 heavy (non-hydrogen) atoms. The summed E-state index contributed by atoms with van der Waals surface area (Å²) in [5, 5.41) is 0. The summed E-state index contributed by atoms with van der Waals surface area (Å²) in [7, 11) is 0. The van der Waals surface area contributed by atoms with E-state index in [9.17, 15) is 0 Å². The van der Waals surface area contributed by atoms with Gasteiger partial charge in [-0.05, 0) is 31.9 Å². The van der Waals surface area contributed by atoms with Crippen LogP contribution >= 0.6 is 0 Å². The number of ether oxygens (including phenoxy) is 1. The molecule has 2 aliphatic rings. The summed E-state index contributed by atoms with van der Waals surface area (Å²) in [6, 6.07) is 10.3. The van der Waals surface area contributed by atoms with E-state index in [1.807, 2.05) is 31.2 Å². The molecule has 94 valence electrons. The highest BCUT2D eigenvalue weighted by molar-refractivity contribution is 6.05. The number of rotatable bonds is 1. The highest BCUT2D eigenvalue weighted by Gasteiger charge is 2.48. The van der Waals surface area contributed by atoms with E-state index >= 15 is 0 Å². The molecule has 0 atom stereocenters. The van der Waals surface area contributed by atoms with Crippen LogP contribution in [0.1, 0.15) is 49.0 Å². The van der Waals surface area contributed by atoms with E-state index in [2.05, 4.69) is 12.1 Å². The van der Waals surface area contributed by atoms with Crippen LogP contribution in [-0.2, 0) is 4.74 Å². The van der Waals surface area contributed by atoms with Crippen molar-refractivity contribution in [3.63, 3.8) is 0 Å². The van der Waals surface area contributed by atoms with E-state index in [0.717, 1.165) is 29.9 Å². The van der Waals surface area contributed by atoms with Crippen molar-refractivity contribution in [3.8, 4) is 0 Å². The monoisotopic (exact) mass is 243 g/mol. The SMILES string of the molecule is CC1=CC(c2ccccc2)=[O+]C2(CCCCC2)O1. The molecule has 0 saturated heterocycles. The predicted molar refractivity (Wildman–Crippen MR) is 71.4 cm³/mol. The molecule has 2 nitrogen and oxygen atoms in total. The normalized spacial score (nSPS) is 22.1. The van der Waals surface area contributed by atoms with Crippen LogP contribution in [0.4, 0.5) is 0 Å². The lowest BCUT2D eigenvalue weighted by molar-refractivity contribution is -0.486. The number of hydrogen-bond acceptors (Lipinski definition) is 1. The van der Waals surface area contributed by atoms with Crippen molar-refractivity contribution in [3.05, 3.63) is 47.7 Å². The second-order valence-electron chi connectivity index (χ2n) is 5.16. The Morgan fingerprint density at radius 3 is 2.50 bits per heavy atom. The summed E-state index contributed by atoms with van der Waals surface area (Å²) < 4.78 is 12.2. The van der Waals surface area contributed by atoms with Crippen LogP contribution in [0.15, 0.2) is 42.2 Å². The van der Waals surface area contributed by atoms with Gasteiger partial charge in [-0.15, -0.1) is 0 Å². The van der Waals surface area contributed by atoms with E-state index in [0.29, 0.717) is 0 Å². The molecule has 1 spiro atoms. The van der Waals surface area contributed by atoms with Crippen molar-refractivity contribution < 1.29 is 9.16 Å². The topological polar surface area (TPSA) is 20.5 Å². The summed E-state index contributed by atoms with van der Waals surface area (Å²) in [4.78, 5) is 0. The van der Waals surface area contributed by atoms with Crippen LogP contribution in [0.5, 0.6) is 0 Å². The van der Waals surface area contributed by atoms with Crippen molar-refractivity contribution >= 4 is 5.78 Å². The lowest BCUT2D eigenvalue weighted by atomic mass is 9.93. The van der Waals surface area contributed by atoms with Crippen molar-refractivity contribution in [2.24, 2.45) is 0 Å². The van der Waals surface area contributed by atoms with Crippen LogP contribution in [-0.4, -0.2) is 11.6 Å². The first-order valence-corrected chi connectivity index (χ1v) is 6.76. The maximum absolute atomic E-state index is 6.19. The molecule has 0 aromatic heterocycles. The Labute approximate surface area is 108 Å². The molecule has 2 heteroatoms. The summed E-state index contributed by atoms with van der Waals surface area (Å²) >= 11 is 0. The maximum Gasteiger partial charge on any atom is 0.429 e. The van der Waals surface area contributed by atoms with Gasteiger partial charge in [0.05, 0.1) is 24.5 Å². The van der Waals surface area contributed by atoms with E-state index in [1.54, 1.807) is 0 Å². The van der Waals surface area contributed by atoms with E-state index < -0.39 is 5.79 Å². The van der Waals surface area contributed by atoms with Gasteiger partial charge in [0.2, 0.25) is 0 Å². The summed E-state index contributed by atoms with van der Waals surface area (Å²) in [5.74, 6) is 1.51. The first kappa shape index (κ1) is 11.5. The third-order valence-electron chi connectivity index (χ3n) is 3.65. The van der Waals surface area contributed by atoms with Gasteiger partial charge >= 0.3 is 11.6 Å². The largest absolute Gasteiger partial charge is 0.429 e. The average Bonchev–Trinajstić information content (AvgIpc) is 2.40. The molecule has 0 bridgehead atoms. The molecule has 1 aromatic carbocycles. The van der Waals surface area contributed by atoms with Crippen LogP contribution < -0.4 is 0 Å². The minimum Gasteiger partial charge on any atom is -0.413 e. The van der Waals surface area contributed by atoms with Crippen molar-refractivity contribution in [1.82, 2.24) is 0 Å². The quantitative estimate of drug-likeness (QED) is 0.683. The fourth-order valence-corrected chi connectivity index (χ4v) is 2.80. The number of carbonyl (C=O) groups excluding carboxylic acids is 1. The van der Waals surface area contributed by atoms with Gasteiger partial charge in [-0.3, -0.25) is 0 Å². The second kappa shape index (κ2) is 4.60. The summed E-state index contributed by atoms with van der Waals surface area (Å²) in [5.41, 5.74) is 1.13. The van der Waals surface area contributed by atoms with Crippen LogP contribution in [0.3, 0.4) is 0 Å². The van der Waals surface area contributed by atoms with Gasteiger partial charge in [-0.25, -0.2) is 4.42 Å². The van der Waals surface area contributed by atoms with Gasteiger partial charge < -0.3 is 4.74 Å². The zero-order valence-electron chi connectivity index (χ0n) is 10.8. The van der Waals surface area contributed by atoms with Crippen molar-refractivity contribution in [2.75, 3.05) is 0 Å². The van der Waals surface area contributed by atoms with Gasteiger partial charge in [0.1, 0.15) is 5.76 Å². The zero-order valence-corrected chi connectivity index (χ0v) is 10.8. The average molecular weight is 243 g/mol. The molecule has 1 heterocycles. The maximum atomic E-state index is 6.19. The molecule has 1 fully saturated rings. The first-order valence-electron chi connectivity index (χ1n) is 6.76. The molecule has 1 saturated carbocycles. The molecule has 0 unspecified atom stereocenters. The minimum atomic E-state index is -0.401. The third-order valence-corrected chi connectivity index (χ3v) is 3.65. The first-order chi connectivity index (χ1) is 8.77. The molecule has 0 N–H and O–H groups in total. The lowest BCUT2D eigenvalue weighted by Gasteiger charge is -2.27. The molecule has 0 radical (unpaired) electrons. The molecule has 1 aromatic rings. The zero-order chi connectivity index (χ0) is 12.4. The number of ketones is 1. The fourth-order valence-electron chi connectivity index (χ4n) is 2.80. The Morgan fingerprint density at radius 2 is 1.78 bits per heavy atom. The van der Waals surface area contributed by atoms with E-state index in [1.165, 1.54) is 19.3 Å². The van der Waals surface area contributed by atoms with Crippen LogP contribution in [0, 0.1) is 0 Å². The lowest BCUT2D eigenvalue weighted by Crippen LogP contribution is -2.36. The fraction of sp³-hybridized carbons (Fsp3) is 0.438. The Morgan fingerprint density at radius 1 is 1.06 bits per heavy atom.